The van der Waals surface area contributed by atoms with Crippen LogP contribution in [0.15, 0.2) is 48.5 Å². The number of nitrogens with zero attached hydrogens (tertiary/aromatic N) is 3. The molecule has 28 heavy (non-hydrogen) atoms. The van der Waals surface area contributed by atoms with Crippen LogP contribution in [-0.4, -0.2) is 40.1 Å². The lowest BCUT2D eigenvalue weighted by molar-refractivity contribution is 0.0780. The van der Waals surface area contributed by atoms with Gasteiger partial charge in [-0.25, -0.2) is 4.68 Å². The minimum atomic E-state index is -0.333. The first-order valence-corrected chi connectivity index (χ1v) is 9.32. The third-order valence-electron chi connectivity index (χ3n) is 4.83. The first-order chi connectivity index (χ1) is 13.4. The van der Waals surface area contributed by atoms with E-state index in [0.29, 0.717) is 28.5 Å². The number of likely N-dealkylation sites (N-methyl/N-ethyl adjacent to an activating group) is 1. The Balaban J connectivity index is 1.58. The van der Waals surface area contributed by atoms with Crippen LogP contribution in [0.5, 0.6) is 0 Å². The highest BCUT2D eigenvalue weighted by Gasteiger charge is 2.22. The molecule has 3 aromatic rings. The summed E-state index contributed by atoms with van der Waals surface area (Å²) in [5, 5.41) is 7.84. The van der Waals surface area contributed by atoms with Gasteiger partial charge in [-0.15, -0.1) is 0 Å². The van der Waals surface area contributed by atoms with Gasteiger partial charge in [0, 0.05) is 35.6 Å². The number of anilines is 1. The van der Waals surface area contributed by atoms with E-state index in [4.69, 9.17) is 11.6 Å². The molecule has 1 aromatic heterocycles. The van der Waals surface area contributed by atoms with Crippen LogP contribution in [0, 0.1) is 6.92 Å². The lowest BCUT2D eigenvalue weighted by Crippen LogP contribution is -2.34. The zero-order valence-corrected chi connectivity index (χ0v) is 16.3. The summed E-state index contributed by atoms with van der Waals surface area (Å²) in [5.74, 6) is -0.362. The number of fused-ring (bicyclic) bond motifs is 1. The molecule has 7 heteroatoms. The third kappa shape index (κ3) is 3.39. The number of aryl methyl sites for hydroxylation is 1. The Morgan fingerprint density at radius 2 is 2.00 bits per heavy atom. The van der Waals surface area contributed by atoms with Crippen molar-refractivity contribution in [3.8, 4) is 5.69 Å². The number of aromatic nitrogens is 2. The van der Waals surface area contributed by atoms with Gasteiger partial charge in [-0.3, -0.25) is 9.59 Å². The molecule has 2 aromatic carbocycles. The summed E-state index contributed by atoms with van der Waals surface area (Å²) in [6.07, 6.45) is 0.815. The Kier molecular flexibility index (Phi) is 4.65. The van der Waals surface area contributed by atoms with Gasteiger partial charge < -0.3 is 10.2 Å². The SMILES string of the molecule is Cc1cc(C(=O)Nc2ccc3c(c2)C(=O)N(C)CC3)nn1-c1cccc(Cl)c1. The number of amides is 2. The van der Waals surface area contributed by atoms with Gasteiger partial charge in [0.05, 0.1) is 5.69 Å². The normalized spacial score (nSPS) is 13.4. The Morgan fingerprint density at radius 1 is 1.18 bits per heavy atom. The summed E-state index contributed by atoms with van der Waals surface area (Å²) in [7, 11) is 1.78. The van der Waals surface area contributed by atoms with Crippen LogP contribution >= 0.6 is 11.6 Å². The molecule has 1 aliphatic rings. The first kappa shape index (κ1) is 18.3. The van der Waals surface area contributed by atoms with Crippen molar-refractivity contribution in [3.05, 3.63) is 76.1 Å². The second-order valence-electron chi connectivity index (χ2n) is 6.87. The fourth-order valence-electron chi connectivity index (χ4n) is 3.32. The summed E-state index contributed by atoms with van der Waals surface area (Å²) in [5.41, 5.74) is 4.09. The molecule has 1 aliphatic heterocycles. The molecule has 142 valence electrons. The fourth-order valence-corrected chi connectivity index (χ4v) is 3.50. The van der Waals surface area contributed by atoms with E-state index in [9.17, 15) is 9.59 Å². The van der Waals surface area contributed by atoms with E-state index in [-0.39, 0.29) is 11.8 Å². The van der Waals surface area contributed by atoms with Gasteiger partial charge in [0.25, 0.3) is 11.8 Å². The van der Waals surface area contributed by atoms with Crippen molar-refractivity contribution in [2.75, 3.05) is 18.9 Å². The summed E-state index contributed by atoms with van der Waals surface area (Å²) in [6, 6.07) is 14.4. The van der Waals surface area contributed by atoms with Gasteiger partial charge in [0.2, 0.25) is 0 Å². The monoisotopic (exact) mass is 394 g/mol. The molecular formula is C21H19ClN4O2. The highest BCUT2D eigenvalue weighted by atomic mass is 35.5. The number of nitrogens with one attached hydrogen (secondary N) is 1. The summed E-state index contributed by atoms with van der Waals surface area (Å²) in [4.78, 5) is 26.7. The third-order valence-corrected chi connectivity index (χ3v) is 5.07. The number of rotatable bonds is 3. The average Bonchev–Trinajstić information content (AvgIpc) is 3.07. The Morgan fingerprint density at radius 3 is 2.79 bits per heavy atom. The van der Waals surface area contributed by atoms with Gasteiger partial charge in [-0.05, 0) is 55.3 Å². The Hall–Kier alpha value is -3.12. The predicted octanol–water partition coefficient (Wildman–Crippen LogP) is 3.71. The second kappa shape index (κ2) is 7.13. The van der Waals surface area contributed by atoms with Crippen LogP contribution < -0.4 is 5.32 Å². The van der Waals surface area contributed by atoms with Gasteiger partial charge >= 0.3 is 0 Å². The molecule has 2 amide bonds. The van der Waals surface area contributed by atoms with Crippen molar-refractivity contribution in [1.29, 1.82) is 0 Å². The van der Waals surface area contributed by atoms with Crippen LogP contribution in [0.4, 0.5) is 5.69 Å². The molecule has 0 bridgehead atoms. The Labute approximate surface area is 167 Å². The standard InChI is InChI=1S/C21H19ClN4O2/c1-13-10-19(24-26(13)17-5-3-4-15(22)11-17)20(27)23-16-7-6-14-8-9-25(2)21(28)18(14)12-16/h3-7,10-12H,8-9H2,1-2H3,(H,23,27). The van der Waals surface area contributed by atoms with Crippen LogP contribution in [0.25, 0.3) is 5.69 Å². The average molecular weight is 395 g/mol. The minimum absolute atomic E-state index is 0.0292. The summed E-state index contributed by atoms with van der Waals surface area (Å²) < 4.78 is 1.67. The number of hydrogen-bond acceptors (Lipinski definition) is 3. The maximum atomic E-state index is 12.7. The quantitative estimate of drug-likeness (QED) is 0.736. The molecule has 0 saturated carbocycles. The van der Waals surface area contributed by atoms with Crippen molar-refractivity contribution < 1.29 is 9.59 Å². The number of halogens is 1. The first-order valence-electron chi connectivity index (χ1n) is 8.95. The lowest BCUT2D eigenvalue weighted by Gasteiger charge is -2.25. The van der Waals surface area contributed by atoms with E-state index in [1.54, 1.807) is 40.9 Å². The maximum absolute atomic E-state index is 12.7. The molecule has 0 aliphatic carbocycles. The van der Waals surface area contributed by atoms with Crippen LogP contribution in [0.3, 0.4) is 0 Å². The summed E-state index contributed by atoms with van der Waals surface area (Å²) >= 11 is 6.05. The molecule has 6 nitrogen and oxygen atoms in total. The molecular weight excluding hydrogens is 376 g/mol. The molecule has 0 saturated heterocycles. The van der Waals surface area contributed by atoms with Crippen LogP contribution in [-0.2, 0) is 6.42 Å². The Bertz CT molecular complexity index is 1090. The van der Waals surface area contributed by atoms with E-state index in [2.05, 4.69) is 10.4 Å². The number of carbonyl (C=O) groups is 2. The summed E-state index contributed by atoms with van der Waals surface area (Å²) in [6.45, 7) is 2.58. The largest absolute Gasteiger partial charge is 0.341 e. The molecule has 0 atom stereocenters. The number of benzene rings is 2. The van der Waals surface area contributed by atoms with Crippen molar-refractivity contribution in [1.82, 2.24) is 14.7 Å². The smallest absolute Gasteiger partial charge is 0.276 e. The molecule has 0 unspecified atom stereocenters. The topological polar surface area (TPSA) is 67.2 Å². The van der Waals surface area contributed by atoms with Gasteiger partial charge in [-0.1, -0.05) is 23.7 Å². The molecule has 2 heterocycles. The predicted molar refractivity (Wildman–Crippen MR) is 108 cm³/mol. The van der Waals surface area contributed by atoms with E-state index in [1.165, 1.54) is 0 Å². The number of hydrogen-bond donors (Lipinski definition) is 1. The van der Waals surface area contributed by atoms with Crippen LogP contribution in [0.2, 0.25) is 5.02 Å². The van der Waals surface area contributed by atoms with Crippen molar-refractivity contribution >= 4 is 29.1 Å². The number of carbonyl (C=O) groups excluding carboxylic acids is 2. The molecule has 4 rings (SSSR count). The van der Waals surface area contributed by atoms with E-state index in [1.807, 2.05) is 31.2 Å². The van der Waals surface area contributed by atoms with Crippen LogP contribution in [0.1, 0.15) is 32.1 Å². The van der Waals surface area contributed by atoms with E-state index >= 15 is 0 Å². The van der Waals surface area contributed by atoms with E-state index in [0.717, 1.165) is 23.4 Å². The van der Waals surface area contributed by atoms with Crippen molar-refractivity contribution in [2.24, 2.45) is 0 Å². The van der Waals surface area contributed by atoms with E-state index < -0.39 is 0 Å². The molecule has 0 radical (unpaired) electrons. The lowest BCUT2D eigenvalue weighted by atomic mass is 9.98. The zero-order valence-electron chi connectivity index (χ0n) is 15.6. The van der Waals surface area contributed by atoms with Gasteiger partial charge in [0.15, 0.2) is 5.69 Å². The molecule has 1 N–H and O–H groups in total. The van der Waals surface area contributed by atoms with Gasteiger partial charge in [0.1, 0.15) is 0 Å². The molecule has 0 fully saturated rings. The zero-order chi connectivity index (χ0) is 19.8. The van der Waals surface area contributed by atoms with Crippen molar-refractivity contribution in [2.45, 2.75) is 13.3 Å². The fraction of sp³-hybridized carbons (Fsp3) is 0.190. The molecule has 0 spiro atoms. The highest BCUT2D eigenvalue weighted by Crippen LogP contribution is 2.23. The van der Waals surface area contributed by atoms with Crippen molar-refractivity contribution in [3.63, 3.8) is 0 Å². The minimum Gasteiger partial charge on any atom is -0.341 e. The highest BCUT2D eigenvalue weighted by molar-refractivity contribution is 6.30. The van der Waals surface area contributed by atoms with Gasteiger partial charge in [-0.2, -0.15) is 5.10 Å². The maximum Gasteiger partial charge on any atom is 0.276 e. The second-order valence-corrected chi connectivity index (χ2v) is 7.30.